The van der Waals surface area contributed by atoms with Gasteiger partial charge in [-0.25, -0.2) is 4.79 Å². The molecule has 0 atom stereocenters. The first kappa shape index (κ1) is 20.2. The molecule has 164 valence electrons. The number of nitrogens with one attached hydrogen (secondary N) is 1. The molecule has 1 aliphatic heterocycles. The van der Waals surface area contributed by atoms with Crippen LogP contribution >= 0.6 is 0 Å². The zero-order valence-corrected chi connectivity index (χ0v) is 18.7. The van der Waals surface area contributed by atoms with Gasteiger partial charge in [-0.1, -0.05) is 18.2 Å². The fourth-order valence-electron chi connectivity index (χ4n) is 4.89. The van der Waals surface area contributed by atoms with E-state index in [-0.39, 0.29) is 5.97 Å². The summed E-state index contributed by atoms with van der Waals surface area (Å²) >= 11 is 0. The van der Waals surface area contributed by atoms with Gasteiger partial charge in [0.05, 0.1) is 32.1 Å². The van der Waals surface area contributed by atoms with E-state index in [2.05, 4.69) is 22.5 Å². The van der Waals surface area contributed by atoms with Gasteiger partial charge in [-0.05, 0) is 44.0 Å². The Morgan fingerprint density at radius 1 is 1.09 bits per heavy atom. The molecule has 2 aromatic carbocycles. The molecule has 4 aromatic rings. The SMILES string of the molecule is CCOC(=O)c1c(-c2c[nH]c3ccccc23)c(C)n2c1-c1cc(OC)c(OC)cc1CC2. The maximum absolute atomic E-state index is 13.4. The Morgan fingerprint density at radius 2 is 1.84 bits per heavy atom. The second kappa shape index (κ2) is 7.79. The first-order chi connectivity index (χ1) is 15.6. The van der Waals surface area contributed by atoms with Crippen molar-refractivity contribution in [2.45, 2.75) is 26.8 Å². The number of aromatic nitrogens is 2. The largest absolute Gasteiger partial charge is 0.493 e. The van der Waals surface area contributed by atoms with Crippen LogP contribution in [0.3, 0.4) is 0 Å². The first-order valence-electron chi connectivity index (χ1n) is 10.8. The molecule has 2 aromatic heterocycles. The summed E-state index contributed by atoms with van der Waals surface area (Å²) in [5.74, 6) is 1.02. The van der Waals surface area contributed by atoms with Crippen LogP contribution in [0.4, 0.5) is 0 Å². The molecule has 0 unspecified atom stereocenters. The monoisotopic (exact) mass is 430 g/mol. The molecule has 1 N–H and O–H groups in total. The van der Waals surface area contributed by atoms with E-state index in [0.29, 0.717) is 23.7 Å². The fourth-order valence-corrected chi connectivity index (χ4v) is 4.89. The van der Waals surface area contributed by atoms with Gasteiger partial charge in [0.1, 0.15) is 0 Å². The number of esters is 1. The van der Waals surface area contributed by atoms with Crippen molar-refractivity contribution >= 4 is 16.9 Å². The van der Waals surface area contributed by atoms with Crippen molar-refractivity contribution in [2.75, 3.05) is 20.8 Å². The summed E-state index contributed by atoms with van der Waals surface area (Å²) < 4.78 is 18.9. The maximum Gasteiger partial charge on any atom is 0.340 e. The van der Waals surface area contributed by atoms with Crippen molar-refractivity contribution < 1.29 is 19.0 Å². The van der Waals surface area contributed by atoms with Gasteiger partial charge in [0.2, 0.25) is 0 Å². The third kappa shape index (κ3) is 2.90. The highest BCUT2D eigenvalue weighted by molar-refractivity contribution is 6.09. The molecule has 0 fully saturated rings. The van der Waals surface area contributed by atoms with Gasteiger partial charge in [0, 0.05) is 46.0 Å². The molecular formula is C26H26N2O4. The number of rotatable bonds is 5. The van der Waals surface area contributed by atoms with Crippen molar-refractivity contribution in [3.8, 4) is 33.9 Å². The zero-order chi connectivity index (χ0) is 22.4. The first-order valence-corrected chi connectivity index (χ1v) is 10.8. The highest BCUT2D eigenvalue weighted by atomic mass is 16.5. The van der Waals surface area contributed by atoms with Gasteiger partial charge >= 0.3 is 5.97 Å². The molecule has 3 heterocycles. The third-order valence-corrected chi connectivity index (χ3v) is 6.33. The average Bonchev–Trinajstić information content (AvgIpc) is 3.36. The average molecular weight is 431 g/mol. The highest BCUT2D eigenvalue weighted by Crippen LogP contribution is 2.46. The van der Waals surface area contributed by atoms with Crippen LogP contribution in [0.25, 0.3) is 33.3 Å². The molecule has 0 saturated heterocycles. The number of aromatic amines is 1. The van der Waals surface area contributed by atoms with Crippen molar-refractivity contribution in [2.24, 2.45) is 0 Å². The Labute approximate surface area is 186 Å². The summed E-state index contributed by atoms with van der Waals surface area (Å²) in [6, 6.07) is 12.1. The molecule has 6 nitrogen and oxygen atoms in total. The summed E-state index contributed by atoms with van der Waals surface area (Å²) in [6.07, 6.45) is 2.82. The number of hydrogen-bond donors (Lipinski definition) is 1. The smallest absolute Gasteiger partial charge is 0.340 e. The molecule has 6 heteroatoms. The quantitative estimate of drug-likeness (QED) is 0.433. The number of methoxy groups -OCH3 is 2. The molecule has 0 radical (unpaired) electrons. The normalized spacial score (nSPS) is 12.4. The van der Waals surface area contributed by atoms with E-state index in [1.54, 1.807) is 14.2 Å². The van der Waals surface area contributed by atoms with E-state index < -0.39 is 0 Å². The number of hydrogen-bond acceptors (Lipinski definition) is 4. The van der Waals surface area contributed by atoms with Crippen LogP contribution in [0, 0.1) is 6.92 Å². The minimum atomic E-state index is -0.313. The number of para-hydroxylation sites is 1. The molecule has 0 bridgehead atoms. The number of carbonyl (C=O) groups is 1. The minimum absolute atomic E-state index is 0.313. The molecule has 0 spiro atoms. The molecule has 0 saturated carbocycles. The van der Waals surface area contributed by atoms with Crippen LogP contribution in [0.1, 0.15) is 28.5 Å². The van der Waals surface area contributed by atoms with Crippen molar-refractivity contribution in [3.05, 3.63) is 59.4 Å². The molecule has 32 heavy (non-hydrogen) atoms. The molecule has 0 aliphatic carbocycles. The number of aryl methyl sites for hydroxylation is 1. The summed E-state index contributed by atoms with van der Waals surface area (Å²) in [7, 11) is 3.26. The van der Waals surface area contributed by atoms with Gasteiger partial charge in [-0.2, -0.15) is 0 Å². The molecule has 1 aliphatic rings. The van der Waals surface area contributed by atoms with Crippen LogP contribution in [0.15, 0.2) is 42.6 Å². The van der Waals surface area contributed by atoms with Crippen LogP contribution in [-0.2, 0) is 17.7 Å². The van der Waals surface area contributed by atoms with Crippen LogP contribution < -0.4 is 9.47 Å². The second-order valence-corrected chi connectivity index (χ2v) is 7.92. The number of benzene rings is 2. The van der Waals surface area contributed by atoms with Crippen LogP contribution in [-0.4, -0.2) is 36.3 Å². The second-order valence-electron chi connectivity index (χ2n) is 7.92. The van der Waals surface area contributed by atoms with Crippen molar-refractivity contribution in [1.29, 1.82) is 0 Å². The van der Waals surface area contributed by atoms with Crippen LogP contribution in [0.2, 0.25) is 0 Å². The van der Waals surface area contributed by atoms with Gasteiger partial charge in [0.15, 0.2) is 11.5 Å². The van der Waals surface area contributed by atoms with Gasteiger partial charge in [-0.3, -0.25) is 0 Å². The number of H-pyrrole nitrogens is 1. The van der Waals surface area contributed by atoms with E-state index in [1.807, 2.05) is 43.5 Å². The number of nitrogens with zero attached hydrogens (tertiary/aromatic N) is 1. The lowest BCUT2D eigenvalue weighted by Crippen LogP contribution is -2.15. The standard InChI is InChI=1S/C26H26N2O4/c1-5-32-26(29)24-23(19-14-27-20-9-7-6-8-17(19)20)15(2)28-11-10-16-12-21(30-3)22(31-4)13-18(16)25(24)28/h6-9,12-14,27H,5,10-11H2,1-4H3. The van der Waals surface area contributed by atoms with E-state index in [9.17, 15) is 4.79 Å². The van der Waals surface area contributed by atoms with Gasteiger partial charge < -0.3 is 23.8 Å². The Kier molecular flexibility index (Phi) is 4.93. The van der Waals surface area contributed by atoms with Crippen molar-refractivity contribution in [3.63, 3.8) is 0 Å². The molecular weight excluding hydrogens is 404 g/mol. The lowest BCUT2D eigenvalue weighted by atomic mass is 9.93. The molecule has 0 amide bonds. The highest BCUT2D eigenvalue weighted by Gasteiger charge is 2.33. The van der Waals surface area contributed by atoms with E-state index >= 15 is 0 Å². The topological polar surface area (TPSA) is 65.5 Å². The minimum Gasteiger partial charge on any atom is -0.493 e. The summed E-state index contributed by atoms with van der Waals surface area (Å²) in [6.45, 7) is 5.00. The lowest BCUT2D eigenvalue weighted by Gasteiger charge is -2.23. The zero-order valence-electron chi connectivity index (χ0n) is 18.7. The van der Waals surface area contributed by atoms with E-state index in [1.165, 1.54) is 0 Å². The summed E-state index contributed by atoms with van der Waals surface area (Å²) in [4.78, 5) is 16.7. The predicted molar refractivity (Wildman–Crippen MR) is 125 cm³/mol. The van der Waals surface area contributed by atoms with Crippen LogP contribution in [0.5, 0.6) is 11.5 Å². The van der Waals surface area contributed by atoms with Crippen molar-refractivity contribution in [1.82, 2.24) is 9.55 Å². The Hall–Kier alpha value is -3.67. The Balaban J connectivity index is 1.84. The summed E-state index contributed by atoms with van der Waals surface area (Å²) in [5.41, 5.74) is 7.59. The third-order valence-electron chi connectivity index (χ3n) is 6.33. The summed E-state index contributed by atoms with van der Waals surface area (Å²) in [5, 5.41) is 1.08. The van der Waals surface area contributed by atoms with E-state index in [4.69, 9.17) is 14.2 Å². The fraction of sp³-hybridized carbons (Fsp3) is 0.269. The maximum atomic E-state index is 13.4. The number of ether oxygens (including phenoxy) is 3. The van der Waals surface area contributed by atoms with Gasteiger partial charge in [-0.15, -0.1) is 0 Å². The van der Waals surface area contributed by atoms with Gasteiger partial charge in [0.25, 0.3) is 0 Å². The lowest BCUT2D eigenvalue weighted by molar-refractivity contribution is 0.0528. The Morgan fingerprint density at radius 3 is 2.59 bits per heavy atom. The molecule has 5 rings (SSSR count). The Bertz CT molecular complexity index is 1350. The number of carbonyl (C=O) groups excluding carboxylic acids is 1. The number of fused-ring (bicyclic) bond motifs is 4. The predicted octanol–water partition coefficient (Wildman–Crippen LogP) is 5.36. The van der Waals surface area contributed by atoms with E-state index in [0.717, 1.165) is 57.5 Å².